The molecule has 0 amide bonds. The van der Waals surface area contributed by atoms with Crippen LogP contribution < -0.4 is 10.6 Å². The highest BCUT2D eigenvalue weighted by atomic mass is 32.1. The summed E-state index contributed by atoms with van der Waals surface area (Å²) in [5, 5.41) is 17.5. The van der Waals surface area contributed by atoms with Gasteiger partial charge in [0.2, 0.25) is 0 Å². The number of para-hydroxylation sites is 1. The fraction of sp³-hybridized carbons (Fsp3) is 0.350. The van der Waals surface area contributed by atoms with E-state index in [1.807, 2.05) is 13.0 Å². The van der Waals surface area contributed by atoms with Gasteiger partial charge in [0.05, 0.1) is 5.71 Å². The Balaban J connectivity index is 0.000000277. The van der Waals surface area contributed by atoms with E-state index in [1.165, 1.54) is 5.69 Å². The number of piperazine rings is 1. The van der Waals surface area contributed by atoms with Crippen molar-refractivity contribution in [3.63, 3.8) is 0 Å². The van der Waals surface area contributed by atoms with E-state index in [1.54, 1.807) is 19.2 Å². The molecule has 0 spiro atoms. The monoisotopic (exact) mass is 387 g/mol. The summed E-state index contributed by atoms with van der Waals surface area (Å²) in [6, 6.07) is 12.2. The number of anilines is 1. The quantitative estimate of drug-likeness (QED) is 0.554. The van der Waals surface area contributed by atoms with Crippen molar-refractivity contribution < 1.29 is 6.53 Å². The van der Waals surface area contributed by atoms with Crippen LogP contribution in [0.1, 0.15) is 26.0 Å². The normalized spacial score (nSPS) is 13.6. The van der Waals surface area contributed by atoms with Gasteiger partial charge in [-0.15, -0.1) is 0 Å². The minimum absolute atomic E-state index is 0. The summed E-state index contributed by atoms with van der Waals surface area (Å²) in [7, 11) is 0. The predicted molar refractivity (Wildman–Crippen MR) is 117 cm³/mol. The van der Waals surface area contributed by atoms with Gasteiger partial charge in [0.25, 0.3) is 0 Å². The molecule has 6 nitrogen and oxygen atoms in total. The molecule has 0 bridgehead atoms. The number of aryl methyl sites for hydroxylation is 1. The topological polar surface area (TPSA) is 89.5 Å². The van der Waals surface area contributed by atoms with Crippen molar-refractivity contribution in [2.24, 2.45) is 5.73 Å². The molecule has 7 heteroatoms. The molecule has 3 rings (SSSR count). The average molecular weight is 388 g/mol. The lowest BCUT2D eigenvalue weighted by molar-refractivity contribution is 0.388. The van der Waals surface area contributed by atoms with Gasteiger partial charge in [0.15, 0.2) is 5.11 Å². The second kappa shape index (κ2) is 9.87. The first kappa shape index (κ1) is 20.6. The van der Waals surface area contributed by atoms with E-state index in [2.05, 4.69) is 39.0 Å². The van der Waals surface area contributed by atoms with Gasteiger partial charge >= 0.3 is 0 Å². The van der Waals surface area contributed by atoms with Crippen molar-refractivity contribution in [1.29, 1.82) is 5.41 Å². The van der Waals surface area contributed by atoms with Crippen LogP contribution in [0.5, 0.6) is 5.75 Å². The van der Waals surface area contributed by atoms with Crippen LogP contribution in [-0.4, -0.2) is 52.0 Å². The minimum Gasteiger partial charge on any atom is -0.505 e. The molecule has 1 aromatic heterocycles. The maximum atomic E-state index is 9.50. The second-order valence-corrected chi connectivity index (χ2v) is 6.72. The zero-order valence-corrected chi connectivity index (χ0v) is 16.7. The number of nitrogens with two attached hydrogens (primary N) is 1. The third kappa shape index (κ3) is 5.65. The summed E-state index contributed by atoms with van der Waals surface area (Å²) in [4.78, 5) is 8.34. The van der Waals surface area contributed by atoms with Crippen molar-refractivity contribution in [1.82, 2.24) is 9.88 Å². The van der Waals surface area contributed by atoms with Crippen LogP contribution in [0.4, 0.5) is 5.69 Å². The molecular formula is C20H29N5OS. The summed E-state index contributed by atoms with van der Waals surface area (Å²) in [6.07, 6.45) is 2.19. The van der Waals surface area contributed by atoms with Crippen molar-refractivity contribution in [3.8, 4) is 5.75 Å². The Kier molecular flexibility index (Phi) is 7.55. The van der Waals surface area contributed by atoms with Gasteiger partial charge in [-0.05, 0) is 49.3 Å². The van der Waals surface area contributed by atoms with Crippen LogP contribution >= 0.6 is 12.2 Å². The standard InChI is InChI=1S/C11H15N3S.C9H12N2O.H2/c12-11(15)14-8-6-13(7-9-14)10-4-2-1-3-5-10;1-3-7(10)8-9(12)6(2)4-5-11-8;/h1-5H,6-9H2,(H2,12,15);4-5,10,12H,3H2,1-2H3;1H. The Morgan fingerprint density at radius 3 is 2.41 bits per heavy atom. The van der Waals surface area contributed by atoms with Crippen LogP contribution in [-0.2, 0) is 0 Å². The van der Waals surface area contributed by atoms with E-state index in [0.717, 1.165) is 31.7 Å². The zero-order chi connectivity index (χ0) is 19.8. The summed E-state index contributed by atoms with van der Waals surface area (Å²) < 4.78 is 0. The maximum Gasteiger partial charge on any atom is 0.166 e. The number of benzene rings is 1. The Hall–Kier alpha value is -2.67. The van der Waals surface area contributed by atoms with Crippen LogP contribution in [0.25, 0.3) is 0 Å². The van der Waals surface area contributed by atoms with E-state index >= 15 is 0 Å². The lowest BCUT2D eigenvalue weighted by atomic mass is 10.1. The lowest BCUT2D eigenvalue weighted by Crippen LogP contribution is -2.50. The fourth-order valence-corrected chi connectivity index (χ4v) is 2.95. The Morgan fingerprint density at radius 1 is 1.22 bits per heavy atom. The molecule has 1 fully saturated rings. The third-order valence-corrected chi connectivity index (χ3v) is 4.74. The highest BCUT2D eigenvalue weighted by Crippen LogP contribution is 2.20. The molecule has 4 N–H and O–H groups in total. The Labute approximate surface area is 167 Å². The van der Waals surface area contributed by atoms with E-state index < -0.39 is 0 Å². The van der Waals surface area contributed by atoms with Crippen LogP contribution in [0.2, 0.25) is 0 Å². The Bertz CT molecular complexity index is 779. The van der Waals surface area contributed by atoms with Crippen LogP contribution in [0, 0.1) is 12.3 Å². The van der Waals surface area contributed by atoms with E-state index in [0.29, 0.717) is 22.9 Å². The minimum atomic E-state index is 0. The van der Waals surface area contributed by atoms with Gasteiger partial charge in [-0.2, -0.15) is 0 Å². The molecule has 1 saturated heterocycles. The number of thiocarbonyl (C=S) groups is 1. The van der Waals surface area contributed by atoms with Gasteiger partial charge in [-0.1, -0.05) is 25.1 Å². The number of hydrogen-bond acceptors (Lipinski definition) is 5. The Morgan fingerprint density at radius 2 is 1.85 bits per heavy atom. The molecule has 0 unspecified atom stereocenters. The number of aromatic hydroxyl groups is 1. The van der Waals surface area contributed by atoms with E-state index in [9.17, 15) is 5.11 Å². The van der Waals surface area contributed by atoms with Gasteiger partial charge in [-0.25, -0.2) is 0 Å². The number of nitrogens with zero attached hydrogens (tertiary/aromatic N) is 3. The van der Waals surface area contributed by atoms with Gasteiger partial charge in [-0.3, -0.25) is 4.98 Å². The highest BCUT2D eigenvalue weighted by molar-refractivity contribution is 7.80. The zero-order valence-electron chi connectivity index (χ0n) is 15.9. The first-order valence-electron chi connectivity index (χ1n) is 9.00. The van der Waals surface area contributed by atoms with Gasteiger partial charge in [0, 0.05) is 39.5 Å². The SMILES string of the molecule is CCC(=N)c1nccc(C)c1O.NC(=S)N1CCN(c2ccccc2)CC1.[HH]. The molecular weight excluding hydrogens is 358 g/mol. The molecule has 1 aromatic carbocycles. The predicted octanol–water partition coefficient (Wildman–Crippen LogP) is 3.17. The van der Waals surface area contributed by atoms with Crippen LogP contribution in [0.15, 0.2) is 42.6 Å². The smallest absolute Gasteiger partial charge is 0.166 e. The summed E-state index contributed by atoms with van der Waals surface area (Å²) in [6.45, 7) is 7.48. The molecule has 0 aliphatic carbocycles. The number of rotatable bonds is 3. The molecule has 0 radical (unpaired) electrons. The number of aromatic nitrogens is 1. The molecule has 0 atom stereocenters. The van der Waals surface area contributed by atoms with Gasteiger partial charge in [0.1, 0.15) is 11.4 Å². The highest BCUT2D eigenvalue weighted by Gasteiger charge is 2.17. The third-order valence-electron chi connectivity index (χ3n) is 4.48. The molecule has 1 aliphatic heterocycles. The summed E-state index contributed by atoms with van der Waals surface area (Å²) in [5.74, 6) is 0.129. The van der Waals surface area contributed by atoms with Crippen molar-refractivity contribution in [2.45, 2.75) is 20.3 Å². The van der Waals surface area contributed by atoms with E-state index in [4.69, 9.17) is 23.4 Å². The average Bonchev–Trinajstić information content (AvgIpc) is 2.70. The first-order valence-corrected chi connectivity index (χ1v) is 9.41. The second-order valence-electron chi connectivity index (χ2n) is 6.31. The largest absolute Gasteiger partial charge is 0.505 e. The summed E-state index contributed by atoms with van der Waals surface area (Å²) in [5.41, 5.74) is 8.40. The molecule has 0 saturated carbocycles. The van der Waals surface area contributed by atoms with Crippen molar-refractivity contribution in [2.75, 3.05) is 31.1 Å². The van der Waals surface area contributed by atoms with Crippen molar-refractivity contribution in [3.05, 3.63) is 53.9 Å². The number of hydrogen-bond donors (Lipinski definition) is 3. The van der Waals surface area contributed by atoms with Gasteiger partial charge < -0.3 is 26.0 Å². The number of nitrogens with one attached hydrogen (secondary N) is 1. The van der Waals surface area contributed by atoms with Crippen molar-refractivity contribution >= 4 is 28.7 Å². The molecule has 146 valence electrons. The molecule has 27 heavy (non-hydrogen) atoms. The molecule has 2 heterocycles. The lowest BCUT2D eigenvalue weighted by Gasteiger charge is -2.36. The fourth-order valence-electron chi connectivity index (χ4n) is 2.76. The maximum absolute atomic E-state index is 9.50. The number of pyridine rings is 1. The molecule has 2 aromatic rings. The summed E-state index contributed by atoms with van der Waals surface area (Å²) >= 11 is 4.96. The molecule has 1 aliphatic rings. The van der Waals surface area contributed by atoms with E-state index in [-0.39, 0.29) is 7.18 Å². The first-order chi connectivity index (χ1) is 12.9. The van der Waals surface area contributed by atoms with Crippen LogP contribution in [0.3, 0.4) is 0 Å².